The van der Waals surface area contributed by atoms with Gasteiger partial charge in [0.15, 0.2) is 0 Å². The zero-order chi connectivity index (χ0) is 23.3. The monoisotopic (exact) mass is 460 g/mol. The molecule has 2 N–H and O–H groups in total. The maximum Gasteiger partial charge on any atom is 0.410 e. The number of aromatic nitrogens is 1. The van der Waals surface area contributed by atoms with Gasteiger partial charge in [-0.25, -0.2) is 14.6 Å². The van der Waals surface area contributed by atoms with Crippen LogP contribution in [0.1, 0.15) is 38.7 Å². The Hall–Kier alpha value is -3.00. The molecular weight excluding hydrogens is 432 g/mol. The highest BCUT2D eigenvalue weighted by molar-refractivity contribution is 6.30. The smallest absolute Gasteiger partial charge is 0.410 e. The molecule has 0 saturated carbocycles. The van der Waals surface area contributed by atoms with Gasteiger partial charge in [0.05, 0.1) is 7.11 Å². The van der Waals surface area contributed by atoms with Gasteiger partial charge in [-0.2, -0.15) is 0 Å². The Labute approximate surface area is 193 Å². The van der Waals surface area contributed by atoms with Gasteiger partial charge < -0.3 is 25.0 Å². The molecule has 1 aliphatic rings. The highest BCUT2D eigenvalue weighted by atomic mass is 35.5. The summed E-state index contributed by atoms with van der Waals surface area (Å²) in [4.78, 5) is 31.3. The highest BCUT2D eigenvalue weighted by Crippen LogP contribution is 2.29. The Morgan fingerprint density at radius 2 is 1.88 bits per heavy atom. The number of pyridine rings is 1. The Kier molecular flexibility index (Phi) is 7.45. The number of methoxy groups -OCH3 is 1. The number of hydrogen-bond donors (Lipinski definition) is 2. The van der Waals surface area contributed by atoms with Crippen LogP contribution in [-0.2, 0) is 4.74 Å². The van der Waals surface area contributed by atoms with Crippen molar-refractivity contribution in [3.63, 3.8) is 0 Å². The number of amides is 3. The molecule has 3 amide bonds. The van der Waals surface area contributed by atoms with E-state index in [1.165, 1.54) is 0 Å². The van der Waals surface area contributed by atoms with Gasteiger partial charge >= 0.3 is 12.1 Å². The van der Waals surface area contributed by atoms with E-state index in [2.05, 4.69) is 15.6 Å². The van der Waals surface area contributed by atoms with Crippen molar-refractivity contribution < 1.29 is 19.1 Å². The molecule has 0 spiro atoms. The number of rotatable bonds is 4. The molecule has 1 aromatic carbocycles. The molecule has 0 unspecified atom stereocenters. The van der Waals surface area contributed by atoms with E-state index in [-0.39, 0.29) is 24.1 Å². The molecule has 1 aromatic heterocycles. The van der Waals surface area contributed by atoms with Crippen LogP contribution in [0.4, 0.5) is 15.3 Å². The highest BCUT2D eigenvalue weighted by Gasteiger charge is 2.35. The number of nitrogens with zero attached hydrogens (tertiary/aromatic N) is 2. The molecule has 3 rings (SSSR count). The number of benzene rings is 1. The number of likely N-dealkylation sites (tertiary alicyclic amines) is 1. The molecule has 172 valence electrons. The average Bonchev–Trinajstić information content (AvgIpc) is 2.74. The molecule has 2 heterocycles. The van der Waals surface area contributed by atoms with E-state index >= 15 is 0 Å². The van der Waals surface area contributed by atoms with E-state index < -0.39 is 5.60 Å². The van der Waals surface area contributed by atoms with Crippen LogP contribution in [0.2, 0.25) is 5.02 Å². The van der Waals surface area contributed by atoms with Crippen LogP contribution in [0.25, 0.3) is 0 Å². The van der Waals surface area contributed by atoms with Crippen molar-refractivity contribution in [3.8, 4) is 5.88 Å². The van der Waals surface area contributed by atoms with Gasteiger partial charge in [-0.3, -0.25) is 0 Å². The van der Waals surface area contributed by atoms with Crippen LogP contribution < -0.4 is 15.4 Å². The standard InChI is InChI=1S/C23H29ClN4O4/c1-23(2,3)32-22(30)28-12-11-19(18(14-28)15-5-10-20(31-4)25-13-15)27-21(29)26-17-8-6-16(24)7-9-17/h5-10,13,18-19H,11-12,14H2,1-4H3,(H2,26,27,29)/t18-,19+/m0/s1. The predicted molar refractivity (Wildman–Crippen MR) is 123 cm³/mol. The lowest BCUT2D eigenvalue weighted by Gasteiger charge is -2.39. The zero-order valence-corrected chi connectivity index (χ0v) is 19.5. The maximum absolute atomic E-state index is 12.6. The average molecular weight is 461 g/mol. The minimum Gasteiger partial charge on any atom is -0.481 e. The first kappa shape index (κ1) is 23.7. The molecule has 0 aliphatic carbocycles. The van der Waals surface area contributed by atoms with Crippen molar-refractivity contribution in [3.05, 3.63) is 53.2 Å². The van der Waals surface area contributed by atoms with E-state index in [0.717, 1.165) is 5.56 Å². The van der Waals surface area contributed by atoms with Crippen LogP contribution in [-0.4, -0.2) is 53.9 Å². The number of hydrogen-bond acceptors (Lipinski definition) is 5. The van der Waals surface area contributed by atoms with Gasteiger partial charge in [-0.1, -0.05) is 17.7 Å². The second-order valence-corrected chi connectivity index (χ2v) is 9.10. The lowest BCUT2D eigenvalue weighted by molar-refractivity contribution is 0.0180. The van der Waals surface area contributed by atoms with Crippen molar-refractivity contribution in [2.24, 2.45) is 0 Å². The maximum atomic E-state index is 12.6. The second kappa shape index (κ2) is 10.1. The van der Waals surface area contributed by atoms with Crippen LogP contribution in [0.15, 0.2) is 42.6 Å². The zero-order valence-electron chi connectivity index (χ0n) is 18.7. The van der Waals surface area contributed by atoms with E-state index in [1.54, 1.807) is 48.5 Å². The third-order valence-electron chi connectivity index (χ3n) is 5.08. The van der Waals surface area contributed by atoms with Crippen LogP contribution >= 0.6 is 11.6 Å². The van der Waals surface area contributed by atoms with E-state index in [4.69, 9.17) is 21.1 Å². The Morgan fingerprint density at radius 3 is 2.47 bits per heavy atom. The summed E-state index contributed by atoms with van der Waals surface area (Å²) in [7, 11) is 1.55. The third kappa shape index (κ3) is 6.50. The van der Waals surface area contributed by atoms with Crippen LogP contribution in [0.3, 0.4) is 0 Å². The van der Waals surface area contributed by atoms with Crippen molar-refractivity contribution >= 4 is 29.4 Å². The molecule has 1 saturated heterocycles. The summed E-state index contributed by atoms with van der Waals surface area (Å²) >= 11 is 5.91. The summed E-state index contributed by atoms with van der Waals surface area (Å²) in [5, 5.41) is 6.46. The van der Waals surface area contributed by atoms with Crippen LogP contribution in [0, 0.1) is 0 Å². The number of carbonyl (C=O) groups excluding carboxylic acids is 2. The molecule has 0 radical (unpaired) electrons. The SMILES string of the molecule is COc1ccc([C@@H]2CN(C(=O)OC(C)(C)C)CC[C@H]2NC(=O)Nc2ccc(Cl)cc2)cn1. The van der Waals surface area contributed by atoms with Gasteiger partial charge in [0, 0.05) is 48.0 Å². The Morgan fingerprint density at radius 1 is 1.16 bits per heavy atom. The van der Waals surface area contributed by atoms with Gasteiger partial charge in [0.25, 0.3) is 0 Å². The predicted octanol–water partition coefficient (Wildman–Crippen LogP) is 4.66. The summed E-state index contributed by atoms with van der Waals surface area (Å²) in [6, 6.07) is 10.0. The second-order valence-electron chi connectivity index (χ2n) is 8.67. The molecular formula is C23H29ClN4O4. The van der Waals surface area contributed by atoms with Gasteiger partial charge in [0.1, 0.15) is 5.60 Å². The Balaban J connectivity index is 1.74. The molecule has 0 bridgehead atoms. The molecule has 2 atom stereocenters. The number of urea groups is 1. The van der Waals surface area contributed by atoms with Crippen molar-refractivity contribution in [1.29, 1.82) is 0 Å². The summed E-state index contributed by atoms with van der Waals surface area (Å²) in [5.74, 6) is 0.337. The van der Waals surface area contributed by atoms with Gasteiger partial charge in [-0.15, -0.1) is 0 Å². The molecule has 32 heavy (non-hydrogen) atoms. The summed E-state index contributed by atoms with van der Waals surface area (Å²) in [5.41, 5.74) is 0.957. The number of nitrogens with one attached hydrogen (secondary N) is 2. The molecule has 1 aliphatic heterocycles. The fourth-order valence-electron chi connectivity index (χ4n) is 3.56. The fraction of sp³-hybridized carbons (Fsp3) is 0.435. The fourth-order valence-corrected chi connectivity index (χ4v) is 3.68. The number of anilines is 1. The Bertz CT molecular complexity index is 929. The largest absolute Gasteiger partial charge is 0.481 e. The molecule has 8 nitrogen and oxygen atoms in total. The molecule has 1 fully saturated rings. The van der Waals surface area contributed by atoms with E-state index in [9.17, 15) is 9.59 Å². The van der Waals surface area contributed by atoms with Gasteiger partial charge in [-0.05, 0) is 57.0 Å². The molecule has 2 aromatic rings. The summed E-state index contributed by atoms with van der Waals surface area (Å²) < 4.78 is 10.7. The number of ether oxygens (including phenoxy) is 2. The van der Waals surface area contributed by atoms with Crippen molar-refractivity contribution in [2.75, 3.05) is 25.5 Å². The van der Waals surface area contributed by atoms with E-state index in [0.29, 0.717) is 36.1 Å². The van der Waals surface area contributed by atoms with Crippen molar-refractivity contribution in [2.45, 2.75) is 44.8 Å². The van der Waals surface area contributed by atoms with Crippen molar-refractivity contribution in [1.82, 2.24) is 15.2 Å². The van der Waals surface area contributed by atoms with Gasteiger partial charge in [0.2, 0.25) is 5.88 Å². The number of carbonyl (C=O) groups is 2. The first-order valence-electron chi connectivity index (χ1n) is 10.5. The topological polar surface area (TPSA) is 92.8 Å². The number of piperidine rings is 1. The quantitative estimate of drug-likeness (QED) is 0.692. The minimum absolute atomic E-state index is 0.161. The summed E-state index contributed by atoms with van der Waals surface area (Å²) in [6.07, 6.45) is 1.92. The lowest BCUT2D eigenvalue weighted by Crippen LogP contribution is -2.52. The summed E-state index contributed by atoms with van der Waals surface area (Å²) in [6.45, 7) is 6.39. The minimum atomic E-state index is -0.582. The number of halogens is 1. The lowest BCUT2D eigenvalue weighted by atomic mass is 9.87. The first-order chi connectivity index (χ1) is 15.1. The molecule has 9 heteroatoms. The third-order valence-corrected chi connectivity index (χ3v) is 5.33. The van der Waals surface area contributed by atoms with Crippen LogP contribution in [0.5, 0.6) is 5.88 Å². The van der Waals surface area contributed by atoms with E-state index in [1.807, 2.05) is 26.8 Å². The first-order valence-corrected chi connectivity index (χ1v) is 10.8. The normalized spacial score (nSPS) is 18.6.